The smallest absolute Gasteiger partial charge is 0.327 e. The van der Waals surface area contributed by atoms with E-state index in [-0.39, 0.29) is 19.0 Å². The molecule has 1 aromatic rings. The SMILES string of the molecule is C#CCNC(=O)C(C)Sc1nnnn1CC(=O)OC. The highest BCUT2D eigenvalue weighted by Crippen LogP contribution is 2.19. The first kappa shape index (κ1) is 15.0. The minimum absolute atomic E-state index is 0.107. The van der Waals surface area contributed by atoms with E-state index in [0.29, 0.717) is 5.16 Å². The van der Waals surface area contributed by atoms with Crippen LogP contribution in [0.2, 0.25) is 0 Å². The Morgan fingerprint density at radius 1 is 1.63 bits per heavy atom. The van der Waals surface area contributed by atoms with Crippen LogP contribution in [0, 0.1) is 12.3 Å². The molecule has 0 saturated heterocycles. The highest BCUT2D eigenvalue weighted by molar-refractivity contribution is 8.00. The number of terminal acetylenes is 1. The maximum absolute atomic E-state index is 11.6. The summed E-state index contributed by atoms with van der Waals surface area (Å²) in [5.41, 5.74) is 0. The van der Waals surface area contributed by atoms with Gasteiger partial charge in [0, 0.05) is 0 Å². The van der Waals surface area contributed by atoms with E-state index in [2.05, 4.69) is 31.5 Å². The van der Waals surface area contributed by atoms with Gasteiger partial charge in [-0.2, -0.15) is 0 Å². The van der Waals surface area contributed by atoms with Crippen molar-refractivity contribution < 1.29 is 14.3 Å². The third kappa shape index (κ3) is 4.59. The summed E-state index contributed by atoms with van der Waals surface area (Å²) in [5, 5.41) is 13.3. The minimum Gasteiger partial charge on any atom is -0.468 e. The molecule has 1 atom stereocenters. The van der Waals surface area contributed by atoms with Crippen LogP contribution in [0.3, 0.4) is 0 Å². The molecular formula is C10H13N5O3S. The molecule has 0 spiro atoms. The van der Waals surface area contributed by atoms with Crippen LogP contribution in [0.25, 0.3) is 0 Å². The average Bonchev–Trinajstić information content (AvgIpc) is 2.82. The van der Waals surface area contributed by atoms with Crippen LogP contribution in [0.4, 0.5) is 0 Å². The maximum Gasteiger partial charge on any atom is 0.327 e. The van der Waals surface area contributed by atoms with Gasteiger partial charge in [-0.3, -0.25) is 9.59 Å². The number of hydrogen-bond donors (Lipinski definition) is 1. The molecule has 1 amide bonds. The summed E-state index contributed by atoms with van der Waals surface area (Å²) in [7, 11) is 1.27. The number of carbonyl (C=O) groups is 2. The molecule has 0 bridgehead atoms. The van der Waals surface area contributed by atoms with E-state index in [1.165, 1.54) is 11.8 Å². The highest BCUT2D eigenvalue weighted by Gasteiger charge is 2.19. The van der Waals surface area contributed by atoms with Crippen molar-refractivity contribution in [2.45, 2.75) is 23.9 Å². The van der Waals surface area contributed by atoms with Crippen molar-refractivity contribution in [2.24, 2.45) is 0 Å². The molecule has 1 unspecified atom stereocenters. The molecule has 9 heteroatoms. The molecule has 0 aromatic carbocycles. The van der Waals surface area contributed by atoms with Gasteiger partial charge in [-0.1, -0.05) is 17.7 Å². The lowest BCUT2D eigenvalue weighted by atomic mass is 10.4. The Balaban J connectivity index is 2.62. The summed E-state index contributed by atoms with van der Waals surface area (Å²) >= 11 is 1.13. The topological polar surface area (TPSA) is 99.0 Å². The molecule has 0 aliphatic heterocycles. The number of nitrogens with zero attached hydrogens (tertiary/aromatic N) is 4. The Labute approximate surface area is 114 Å². The molecule has 0 radical (unpaired) electrons. The van der Waals surface area contributed by atoms with Gasteiger partial charge < -0.3 is 10.1 Å². The molecule has 1 aromatic heterocycles. The fraction of sp³-hybridized carbons (Fsp3) is 0.500. The summed E-state index contributed by atoms with van der Waals surface area (Å²) in [6.07, 6.45) is 5.05. The van der Waals surface area contributed by atoms with Crippen molar-refractivity contribution in [2.75, 3.05) is 13.7 Å². The van der Waals surface area contributed by atoms with Gasteiger partial charge in [-0.05, 0) is 17.4 Å². The Hall–Kier alpha value is -2.08. The second-order valence-corrected chi connectivity index (χ2v) is 4.69. The van der Waals surface area contributed by atoms with E-state index < -0.39 is 11.2 Å². The fourth-order valence-corrected chi connectivity index (χ4v) is 1.87. The van der Waals surface area contributed by atoms with E-state index in [0.717, 1.165) is 11.8 Å². The van der Waals surface area contributed by atoms with Crippen molar-refractivity contribution in [3.8, 4) is 12.3 Å². The van der Waals surface area contributed by atoms with Crippen LogP contribution < -0.4 is 5.32 Å². The number of ether oxygens (including phenoxy) is 1. The number of nitrogens with one attached hydrogen (secondary N) is 1. The molecule has 19 heavy (non-hydrogen) atoms. The van der Waals surface area contributed by atoms with Crippen molar-refractivity contribution >= 4 is 23.6 Å². The van der Waals surface area contributed by atoms with Gasteiger partial charge in [0.05, 0.1) is 18.9 Å². The molecule has 8 nitrogen and oxygen atoms in total. The Morgan fingerprint density at radius 2 is 2.37 bits per heavy atom. The van der Waals surface area contributed by atoms with Crippen molar-refractivity contribution in [3.05, 3.63) is 0 Å². The number of tetrazole rings is 1. The van der Waals surface area contributed by atoms with Crippen molar-refractivity contribution in [3.63, 3.8) is 0 Å². The Kier molecular flexibility index (Phi) is 5.81. The van der Waals surface area contributed by atoms with Gasteiger partial charge >= 0.3 is 5.97 Å². The number of esters is 1. The zero-order chi connectivity index (χ0) is 14.3. The van der Waals surface area contributed by atoms with E-state index in [9.17, 15) is 9.59 Å². The Morgan fingerprint density at radius 3 is 3.00 bits per heavy atom. The normalized spacial score (nSPS) is 11.4. The van der Waals surface area contributed by atoms with Crippen molar-refractivity contribution in [1.29, 1.82) is 0 Å². The van der Waals surface area contributed by atoms with Crippen LogP contribution in [0.5, 0.6) is 0 Å². The number of aromatic nitrogens is 4. The number of hydrogen-bond acceptors (Lipinski definition) is 7. The lowest BCUT2D eigenvalue weighted by Crippen LogP contribution is -2.31. The monoisotopic (exact) mass is 283 g/mol. The van der Waals surface area contributed by atoms with Crippen LogP contribution in [-0.4, -0.2) is 51.0 Å². The molecule has 102 valence electrons. The third-order valence-corrected chi connectivity index (χ3v) is 3.09. The molecule has 1 rings (SSSR count). The zero-order valence-corrected chi connectivity index (χ0v) is 11.3. The molecule has 0 fully saturated rings. The number of amides is 1. The number of thioether (sulfide) groups is 1. The van der Waals surface area contributed by atoms with E-state index in [1.807, 2.05) is 0 Å². The molecule has 1 heterocycles. The first-order valence-electron chi connectivity index (χ1n) is 5.29. The summed E-state index contributed by atoms with van der Waals surface area (Å²) in [5.74, 6) is 1.61. The fourth-order valence-electron chi connectivity index (χ4n) is 1.06. The summed E-state index contributed by atoms with van der Waals surface area (Å²) in [4.78, 5) is 22.8. The van der Waals surface area contributed by atoms with E-state index in [1.54, 1.807) is 6.92 Å². The number of methoxy groups -OCH3 is 1. The lowest BCUT2D eigenvalue weighted by Gasteiger charge is -2.09. The van der Waals surface area contributed by atoms with Crippen LogP contribution in [0.1, 0.15) is 6.92 Å². The highest BCUT2D eigenvalue weighted by atomic mass is 32.2. The van der Waals surface area contributed by atoms with Gasteiger partial charge in [-0.15, -0.1) is 11.5 Å². The van der Waals surface area contributed by atoms with Gasteiger partial charge in [0.2, 0.25) is 11.1 Å². The maximum atomic E-state index is 11.6. The first-order valence-corrected chi connectivity index (χ1v) is 6.17. The Bertz CT molecular complexity index is 496. The minimum atomic E-state index is -0.474. The summed E-state index contributed by atoms with van der Waals surface area (Å²) in [6.45, 7) is 1.75. The quantitative estimate of drug-likeness (QED) is 0.409. The predicted octanol–water partition coefficient (Wildman–Crippen LogP) is -0.924. The largest absolute Gasteiger partial charge is 0.468 e. The van der Waals surface area contributed by atoms with E-state index >= 15 is 0 Å². The lowest BCUT2D eigenvalue weighted by molar-refractivity contribution is -0.141. The second kappa shape index (κ2) is 7.38. The van der Waals surface area contributed by atoms with Crippen LogP contribution >= 0.6 is 11.8 Å². The van der Waals surface area contributed by atoms with Gasteiger partial charge in [-0.25, -0.2) is 4.68 Å². The third-order valence-electron chi connectivity index (χ3n) is 2.02. The standard InChI is InChI=1S/C10H13N5O3S/c1-4-5-11-9(17)7(2)19-10-12-13-14-15(10)6-8(16)18-3/h1,7H,5-6H2,2-3H3,(H,11,17). The molecular weight excluding hydrogens is 270 g/mol. The molecule has 0 saturated carbocycles. The van der Waals surface area contributed by atoms with Crippen LogP contribution in [0.15, 0.2) is 5.16 Å². The van der Waals surface area contributed by atoms with Crippen molar-refractivity contribution in [1.82, 2.24) is 25.5 Å². The average molecular weight is 283 g/mol. The number of carbonyl (C=O) groups excluding carboxylic acids is 2. The van der Waals surface area contributed by atoms with Gasteiger partial charge in [0.25, 0.3) is 0 Å². The second-order valence-electron chi connectivity index (χ2n) is 3.38. The zero-order valence-electron chi connectivity index (χ0n) is 10.5. The van der Waals surface area contributed by atoms with Crippen LogP contribution in [-0.2, 0) is 20.9 Å². The molecule has 1 N–H and O–H groups in total. The number of rotatable bonds is 6. The molecule has 0 aliphatic carbocycles. The summed E-state index contributed by atoms with van der Waals surface area (Å²) < 4.78 is 5.78. The van der Waals surface area contributed by atoms with Gasteiger partial charge in [0.15, 0.2) is 0 Å². The molecule has 0 aliphatic rings. The van der Waals surface area contributed by atoms with Gasteiger partial charge in [0.1, 0.15) is 6.54 Å². The first-order chi connectivity index (χ1) is 9.08. The predicted molar refractivity (Wildman–Crippen MR) is 67.0 cm³/mol. The van der Waals surface area contributed by atoms with E-state index in [4.69, 9.17) is 6.42 Å². The summed E-state index contributed by atoms with van der Waals surface area (Å²) in [6, 6.07) is 0.